The van der Waals surface area contributed by atoms with Crippen LogP contribution in [0.3, 0.4) is 0 Å². The third-order valence-corrected chi connectivity index (χ3v) is 2.80. The molecule has 1 radical (unpaired) electrons. The van der Waals surface area contributed by atoms with E-state index < -0.39 is 0 Å². The first-order valence-corrected chi connectivity index (χ1v) is 5.17. The zero-order chi connectivity index (χ0) is 10.1. The van der Waals surface area contributed by atoms with Gasteiger partial charge in [-0.05, 0) is 12.0 Å². The van der Waals surface area contributed by atoms with Gasteiger partial charge in [0.05, 0.1) is 25.5 Å². The highest BCUT2D eigenvalue weighted by molar-refractivity contribution is 6.30. The van der Waals surface area contributed by atoms with E-state index >= 15 is 0 Å². The van der Waals surface area contributed by atoms with Crippen LogP contribution >= 0.6 is 0 Å². The molecule has 2 atom stereocenters. The van der Waals surface area contributed by atoms with E-state index in [0.29, 0.717) is 12.7 Å². The lowest BCUT2D eigenvalue weighted by atomic mass is 9.78. The van der Waals surface area contributed by atoms with E-state index in [1.807, 2.05) is 17.1 Å². The molecule has 2 unspecified atom stereocenters. The molecule has 15 heavy (non-hydrogen) atoms. The van der Waals surface area contributed by atoms with Gasteiger partial charge >= 0.3 is 7.48 Å². The molecule has 5 nitrogen and oxygen atoms in total. The third kappa shape index (κ3) is 1.93. The highest BCUT2D eigenvalue weighted by Gasteiger charge is 2.24. The Hall–Kier alpha value is -0.845. The summed E-state index contributed by atoms with van der Waals surface area (Å²) in [5.74, 6) is 0.209. The number of rotatable bonds is 3. The van der Waals surface area contributed by atoms with Gasteiger partial charge in [0, 0.05) is 18.6 Å². The Labute approximate surface area is 88.5 Å². The van der Waals surface area contributed by atoms with Crippen molar-refractivity contribution in [1.82, 2.24) is 9.78 Å². The largest absolute Gasteiger partial charge is 0.376 e. The normalized spacial score (nSPS) is 29.9. The molecule has 6 heteroatoms. The fraction of sp³-hybridized carbons (Fsp3) is 0.667. The Morgan fingerprint density at radius 1 is 1.60 bits per heavy atom. The quantitative estimate of drug-likeness (QED) is 0.528. The minimum atomic E-state index is 0.209. The minimum absolute atomic E-state index is 0.209. The standard InChI is InChI=1S/C9H12BN2O3/c1-2-13-8(1)5-12-4-7(3-11-12)9-6-14-15-10-9/h3-4,8-9H,1-2,5-6H2. The predicted octanol–water partition coefficient (Wildman–Crippen LogP) is 0.294. The van der Waals surface area contributed by atoms with E-state index in [4.69, 9.17) is 14.4 Å². The van der Waals surface area contributed by atoms with Crippen LogP contribution in [-0.2, 0) is 21.0 Å². The van der Waals surface area contributed by atoms with Crippen LogP contribution in [0, 0.1) is 0 Å². The van der Waals surface area contributed by atoms with E-state index in [9.17, 15) is 0 Å². The van der Waals surface area contributed by atoms with Gasteiger partial charge in [-0.15, -0.1) is 0 Å². The molecule has 3 heterocycles. The number of hydrogen-bond donors (Lipinski definition) is 0. The Balaban J connectivity index is 1.64. The van der Waals surface area contributed by atoms with Crippen molar-refractivity contribution < 1.29 is 14.4 Å². The van der Waals surface area contributed by atoms with Crippen molar-refractivity contribution in [2.24, 2.45) is 0 Å². The van der Waals surface area contributed by atoms with Crippen molar-refractivity contribution in [3.63, 3.8) is 0 Å². The fourth-order valence-electron chi connectivity index (χ4n) is 1.74. The van der Waals surface area contributed by atoms with Gasteiger partial charge < -0.3 is 9.54 Å². The van der Waals surface area contributed by atoms with Crippen molar-refractivity contribution in [1.29, 1.82) is 0 Å². The van der Waals surface area contributed by atoms with Crippen LogP contribution in [-0.4, -0.2) is 36.6 Å². The van der Waals surface area contributed by atoms with Gasteiger partial charge in [-0.2, -0.15) is 5.10 Å². The van der Waals surface area contributed by atoms with Gasteiger partial charge in [-0.3, -0.25) is 9.57 Å². The first-order chi connectivity index (χ1) is 7.42. The molecule has 1 aromatic heterocycles. The monoisotopic (exact) mass is 207 g/mol. The van der Waals surface area contributed by atoms with Crippen molar-refractivity contribution in [3.8, 4) is 0 Å². The van der Waals surface area contributed by atoms with E-state index in [0.717, 1.165) is 25.1 Å². The summed E-state index contributed by atoms with van der Waals surface area (Å²) in [6.45, 7) is 2.30. The SMILES string of the molecule is [B]1OOCC1c1cnn(CC2CCO2)c1. The molecular weight excluding hydrogens is 195 g/mol. The molecule has 0 amide bonds. The fourth-order valence-corrected chi connectivity index (χ4v) is 1.74. The molecule has 2 fully saturated rings. The van der Waals surface area contributed by atoms with E-state index in [1.165, 1.54) is 0 Å². The molecule has 0 N–H and O–H groups in total. The summed E-state index contributed by atoms with van der Waals surface area (Å²) in [4.78, 5) is 9.56. The van der Waals surface area contributed by atoms with Gasteiger partial charge in [0.1, 0.15) is 0 Å². The predicted molar refractivity (Wildman–Crippen MR) is 52.1 cm³/mol. The van der Waals surface area contributed by atoms with Crippen LogP contribution in [0.25, 0.3) is 0 Å². The number of nitrogens with zero attached hydrogens (tertiary/aromatic N) is 2. The van der Waals surface area contributed by atoms with Crippen molar-refractivity contribution in [2.75, 3.05) is 13.2 Å². The maximum Gasteiger partial charge on any atom is 0.354 e. The highest BCUT2D eigenvalue weighted by Crippen LogP contribution is 2.20. The Kier molecular flexibility index (Phi) is 2.48. The maximum atomic E-state index is 5.35. The molecule has 3 rings (SSSR count). The Morgan fingerprint density at radius 2 is 2.53 bits per heavy atom. The summed E-state index contributed by atoms with van der Waals surface area (Å²) in [6.07, 6.45) is 5.37. The molecule has 2 aliphatic heterocycles. The van der Waals surface area contributed by atoms with Crippen LogP contribution in [0.5, 0.6) is 0 Å². The molecule has 0 spiro atoms. The lowest BCUT2D eigenvalue weighted by molar-refractivity contribution is -0.183. The van der Waals surface area contributed by atoms with Crippen molar-refractivity contribution >= 4 is 7.48 Å². The average Bonchev–Trinajstić information content (AvgIpc) is 2.82. The summed E-state index contributed by atoms with van der Waals surface area (Å²) in [5, 5.41) is 4.29. The van der Waals surface area contributed by atoms with Crippen LogP contribution in [0.15, 0.2) is 12.4 Å². The molecular formula is C9H12BN2O3. The molecule has 2 aliphatic rings. The van der Waals surface area contributed by atoms with E-state index in [1.54, 1.807) is 7.48 Å². The van der Waals surface area contributed by atoms with Gasteiger partial charge in [0.25, 0.3) is 0 Å². The van der Waals surface area contributed by atoms with Crippen LogP contribution in [0.1, 0.15) is 17.8 Å². The molecule has 0 aromatic carbocycles. The Morgan fingerprint density at radius 3 is 3.20 bits per heavy atom. The van der Waals surface area contributed by atoms with Crippen LogP contribution < -0.4 is 0 Å². The summed E-state index contributed by atoms with van der Waals surface area (Å²) in [5.41, 5.74) is 1.13. The van der Waals surface area contributed by atoms with Crippen LogP contribution in [0.4, 0.5) is 0 Å². The van der Waals surface area contributed by atoms with Crippen LogP contribution in [0.2, 0.25) is 0 Å². The molecule has 0 saturated carbocycles. The number of aromatic nitrogens is 2. The smallest absolute Gasteiger partial charge is 0.354 e. The zero-order valence-electron chi connectivity index (χ0n) is 8.33. The van der Waals surface area contributed by atoms with Gasteiger partial charge in [-0.25, -0.2) is 0 Å². The Bertz CT molecular complexity index is 334. The first kappa shape index (κ1) is 9.39. The van der Waals surface area contributed by atoms with E-state index in [2.05, 4.69) is 5.10 Å². The molecule has 0 aliphatic carbocycles. The second-order valence-electron chi connectivity index (χ2n) is 3.90. The summed E-state index contributed by atoms with van der Waals surface area (Å²) in [6, 6.07) is 0. The van der Waals surface area contributed by atoms with Gasteiger partial charge in [0.15, 0.2) is 0 Å². The molecule has 79 valence electrons. The van der Waals surface area contributed by atoms with Crippen molar-refractivity contribution in [3.05, 3.63) is 18.0 Å². The minimum Gasteiger partial charge on any atom is -0.376 e. The molecule has 2 saturated heterocycles. The first-order valence-electron chi connectivity index (χ1n) is 5.17. The lowest BCUT2D eigenvalue weighted by Gasteiger charge is -2.26. The third-order valence-electron chi connectivity index (χ3n) is 2.80. The van der Waals surface area contributed by atoms with Crippen molar-refractivity contribution in [2.45, 2.75) is 24.9 Å². The second kappa shape index (κ2) is 3.96. The summed E-state index contributed by atoms with van der Waals surface area (Å²) in [7, 11) is 1.70. The highest BCUT2D eigenvalue weighted by atomic mass is 17.2. The number of hydrogen-bond acceptors (Lipinski definition) is 4. The van der Waals surface area contributed by atoms with Gasteiger partial charge in [0.2, 0.25) is 0 Å². The molecule has 1 aromatic rings. The topological polar surface area (TPSA) is 45.5 Å². The zero-order valence-corrected chi connectivity index (χ0v) is 8.33. The van der Waals surface area contributed by atoms with E-state index in [-0.39, 0.29) is 5.82 Å². The van der Waals surface area contributed by atoms with Gasteiger partial charge in [-0.1, -0.05) is 0 Å². The molecule has 0 bridgehead atoms. The summed E-state index contributed by atoms with van der Waals surface area (Å²) < 4.78 is 7.27. The maximum absolute atomic E-state index is 5.35. The second-order valence-corrected chi connectivity index (χ2v) is 3.90. The lowest BCUT2D eigenvalue weighted by Crippen LogP contribution is -2.31. The number of ether oxygens (including phenoxy) is 1. The average molecular weight is 207 g/mol. The summed E-state index contributed by atoms with van der Waals surface area (Å²) >= 11 is 0.